The molecule has 2 rings (SSSR count). The van der Waals surface area contributed by atoms with Gasteiger partial charge in [-0.15, -0.1) is 0 Å². The molecule has 0 aromatic heterocycles. The van der Waals surface area contributed by atoms with Crippen molar-refractivity contribution in [1.29, 1.82) is 0 Å². The molecule has 0 radical (unpaired) electrons. The third kappa shape index (κ3) is 2.67. The van der Waals surface area contributed by atoms with Crippen LogP contribution in [0.3, 0.4) is 0 Å². The molecule has 1 aliphatic heterocycles. The van der Waals surface area contributed by atoms with Crippen molar-refractivity contribution in [2.45, 2.75) is 31.4 Å². The predicted octanol–water partition coefficient (Wildman–Crippen LogP) is 2.84. The van der Waals surface area contributed by atoms with Crippen molar-refractivity contribution >= 4 is 28.8 Å². The van der Waals surface area contributed by atoms with Crippen LogP contribution in [0, 0.1) is 6.92 Å². The van der Waals surface area contributed by atoms with Gasteiger partial charge in [0.05, 0.1) is 11.4 Å². The third-order valence-electron chi connectivity index (χ3n) is 2.90. The summed E-state index contributed by atoms with van der Waals surface area (Å²) in [7, 11) is 1.96. The van der Waals surface area contributed by atoms with E-state index in [1.54, 1.807) is 0 Å². The highest BCUT2D eigenvalue weighted by atomic mass is 32.2. The number of thioether (sulfide) groups is 1. The van der Waals surface area contributed by atoms with E-state index in [1.807, 2.05) is 37.9 Å². The number of nitrogens with zero attached hydrogens (tertiary/aromatic N) is 2. The Morgan fingerprint density at radius 3 is 2.89 bits per heavy atom. The minimum Gasteiger partial charge on any atom is -0.370 e. The Labute approximate surface area is 111 Å². The predicted molar refractivity (Wildman–Crippen MR) is 74.8 cm³/mol. The lowest BCUT2D eigenvalue weighted by atomic mass is 10.2. The molecule has 18 heavy (non-hydrogen) atoms. The van der Waals surface area contributed by atoms with E-state index < -0.39 is 0 Å². The van der Waals surface area contributed by atoms with E-state index >= 15 is 0 Å². The maximum atomic E-state index is 10.7. The Bertz CT molecular complexity index is 488. The zero-order valence-electron chi connectivity index (χ0n) is 10.7. The lowest BCUT2D eigenvalue weighted by Gasteiger charge is -2.26. The van der Waals surface area contributed by atoms with Gasteiger partial charge in [0.2, 0.25) is 6.23 Å². The van der Waals surface area contributed by atoms with Crippen molar-refractivity contribution in [3.8, 4) is 0 Å². The lowest BCUT2D eigenvalue weighted by Crippen LogP contribution is -2.31. The molecule has 0 spiro atoms. The highest BCUT2D eigenvalue weighted by molar-refractivity contribution is 8.12. The first-order valence-corrected chi connectivity index (χ1v) is 6.63. The Morgan fingerprint density at radius 1 is 1.50 bits per heavy atom. The monoisotopic (exact) mass is 264 g/mol. The smallest absolute Gasteiger partial charge is 0.205 e. The molecule has 0 aliphatic carbocycles. The Morgan fingerprint density at radius 2 is 2.28 bits per heavy atom. The topological polar surface area (TPSA) is 41.9 Å². The summed E-state index contributed by atoms with van der Waals surface area (Å²) < 4.78 is 0. The first-order chi connectivity index (χ1) is 8.61. The number of benzene rings is 1. The maximum Gasteiger partial charge on any atom is 0.205 e. The summed E-state index contributed by atoms with van der Waals surface area (Å²) in [5, 5.41) is 3.96. The van der Waals surface area contributed by atoms with Crippen molar-refractivity contribution in [1.82, 2.24) is 0 Å². The van der Waals surface area contributed by atoms with Gasteiger partial charge in [-0.05, 0) is 31.5 Å². The van der Waals surface area contributed by atoms with Gasteiger partial charge < -0.3 is 9.74 Å². The molecular formula is C13H16N2O2S. The Kier molecular flexibility index (Phi) is 3.91. The molecule has 1 unspecified atom stereocenters. The fourth-order valence-corrected chi connectivity index (χ4v) is 2.47. The number of oxime groups is 1. The van der Waals surface area contributed by atoms with Gasteiger partial charge >= 0.3 is 0 Å². The van der Waals surface area contributed by atoms with Crippen LogP contribution in [0.25, 0.3) is 0 Å². The zero-order chi connectivity index (χ0) is 13.1. The van der Waals surface area contributed by atoms with E-state index in [1.165, 1.54) is 11.8 Å². The molecule has 0 amide bonds. The molecule has 0 bridgehead atoms. The summed E-state index contributed by atoms with van der Waals surface area (Å²) in [4.78, 5) is 19.0. The standard InChI is InChI=1S/C13H16N2O2S/c1-9-4-5-12(18-8-16)11(6-9)15(3)13-7-10(2)14-17-13/h4-6,8,13H,7H2,1-3H3. The van der Waals surface area contributed by atoms with Gasteiger partial charge in [0.25, 0.3) is 0 Å². The van der Waals surface area contributed by atoms with E-state index in [2.05, 4.69) is 11.2 Å². The first kappa shape index (κ1) is 13.0. The van der Waals surface area contributed by atoms with Crippen molar-refractivity contribution in [3.05, 3.63) is 23.8 Å². The van der Waals surface area contributed by atoms with E-state index in [0.717, 1.165) is 33.9 Å². The van der Waals surface area contributed by atoms with Crippen LogP contribution in [0.2, 0.25) is 0 Å². The van der Waals surface area contributed by atoms with Crippen LogP contribution in [-0.4, -0.2) is 24.6 Å². The van der Waals surface area contributed by atoms with Gasteiger partial charge in [-0.25, -0.2) is 0 Å². The van der Waals surface area contributed by atoms with Crippen LogP contribution in [0.5, 0.6) is 0 Å². The fourth-order valence-electron chi connectivity index (χ4n) is 1.90. The molecule has 0 saturated carbocycles. The van der Waals surface area contributed by atoms with Crippen LogP contribution < -0.4 is 4.90 Å². The van der Waals surface area contributed by atoms with Crippen LogP contribution in [0.15, 0.2) is 28.3 Å². The van der Waals surface area contributed by atoms with Gasteiger partial charge in [-0.2, -0.15) is 0 Å². The second-order valence-electron chi connectivity index (χ2n) is 4.39. The number of anilines is 1. The summed E-state index contributed by atoms with van der Waals surface area (Å²) in [6.07, 6.45) is 0.702. The number of carbonyl (C=O) groups excluding carboxylic acids is 1. The van der Waals surface area contributed by atoms with Crippen LogP contribution in [0.1, 0.15) is 18.9 Å². The quantitative estimate of drug-likeness (QED) is 0.619. The maximum absolute atomic E-state index is 10.7. The average Bonchev–Trinajstić information content (AvgIpc) is 2.77. The summed E-state index contributed by atoms with van der Waals surface area (Å²) in [6, 6.07) is 6.02. The van der Waals surface area contributed by atoms with Crippen LogP contribution in [-0.2, 0) is 9.63 Å². The minimum atomic E-state index is -0.0854. The normalized spacial score (nSPS) is 18.2. The van der Waals surface area contributed by atoms with Crippen LogP contribution in [0.4, 0.5) is 5.69 Å². The minimum absolute atomic E-state index is 0.0854. The van der Waals surface area contributed by atoms with Gasteiger partial charge in [0.15, 0.2) is 5.62 Å². The van der Waals surface area contributed by atoms with E-state index in [-0.39, 0.29) is 6.23 Å². The van der Waals surface area contributed by atoms with Gasteiger partial charge in [0.1, 0.15) is 0 Å². The molecule has 1 heterocycles. The molecule has 0 saturated heterocycles. The molecule has 4 nitrogen and oxygen atoms in total. The second kappa shape index (κ2) is 5.44. The number of aryl methyl sites for hydroxylation is 1. The summed E-state index contributed by atoms with van der Waals surface area (Å²) >= 11 is 1.18. The first-order valence-electron chi connectivity index (χ1n) is 5.75. The van der Waals surface area contributed by atoms with Crippen molar-refractivity contribution < 1.29 is 9.63 Å². The SMILES string of the molecule is CC1=NOC(N(C)c2cc(C)ccc2SC=O)C1. The molecule has 96 valence electrons. The number of hydrogen-bond donors (Lipinski definition) is 0. The number of carbonyl (C=O) groups is 1. The van der Waals surface area contributed by atoms with Gasteiger partial charge in [-0.1, -0.05) is 23.0 Å². The molecule has 0 N–H and O–H groups in total. The highest BCUT2D eigenvalue weighted by Crippen LogP contribution is 2.32. The molecule has 0 fully saturated rings. The highest BCUT2D eigenvalue weighted by Gasteiger charge is 2.24. The van der Waals surface area contributed by atoms with Crippen molar-refractivity contribution in [3.63, 3.8) is 0 Å². The molecule has 1 aromatic rings. The zero-order valence-corrected chi connectivity index (χ0v) is 11.5. The second-order valence-corrected chi connectivity index (χ2v) is 5.25. The molecular weight excluding hydrogens is 248 g/mol. The van der Waals surface area contributed by atoms with Gasteiger partial charge in [0, 0.05) is 18.4 Å². The lowest BCUT2D eigenvalue weighted by molar-refractivity contribution is 0.0860. The van der Waals surface area contributed by atoms with E-state index in [4.69, 9.17) is 4.84 Å². The number of rotatable bonds is 4. The van der Waals surface area contributed by atoms with Gasteiger partial charge in [-0.3, -0.25) is 4.79 Å². The molecule has 1 aliphatic rings. The van der Waals surface area contributed by atoms with Crippen molar-refractivity contribution in [2.24, 2.45) is 5.16 Å². The number of hydrogen-bond acceptors (Lipinski definition) is 5. The Hall–Kier alpha value is -1.49. The fraction of sp³-hybridized carbons (Fsp3) is 0.385. The van der Waals surface area contributed by atoms with E-state index in [9.17, 15) is 4.79 Å². The largest absolute Gasteiger partial charge is 0.370 e. The van der Waals surface area contributed by atoms with Crippen LogP contribution >= 0.6 is 11.8 Å². The summed E-state index contributed by atoms with van der Waals surface area (Å²) in [6.45, 7) is 3.98. The summed E-state index contributed by atoms with van der Waals surface area (Å²) in [5.74, 6) is 0. The van der Waals surface area contributed by atoms with Crippen molar-refractivity contribution in [2.75, 3.05) is 11.9 Å². The molecule has 1 atom stereocenters. The molecule has 1 aromatic carbocycles. The van der Waals surface area contributed by atoms with E-state index in [0.29, 0.717) is 0 Å². The third-order valence-corrected chi connectivity index (χ3v) is 3.60. The summed E-state index contributed by atoms with van der Waals surface area (Å²) in [5.41, 5.74) is 3.99. The molecule has 5 heteroatoms. The average molecular weight is 264 g/mol. The Balaban J connectivity index is 2.25.